The van der Waals surface area contributed by atoms with Crippen LogP contribution in [-0.2, 0) is 21.2 Å². The Morgan fingerprint density at radius 1 is 0.933 bits per heavy atom. The number of hydrogen-bond donors (Lipinski definition) is 2. The van der Waals surface area contributed by atoms with E-state index in [9.17, 15) is 13.2 Å². The van der Waals surface area contributed by atoms with Gasteiger partial charge in [-0.25, -0.2) is 8.42 Å². The van der Waals surface area contributed by atoms with Gasteiger partial charge in [-0.2, -0.15) is 4.72 Å². The van der Waals surface area contributed by atoms with Crippen molar-refractivity contribution < 1.29 is 22.7 Å². The summed E-state index contributed by atoms with van der Waals surface area (Å²) in [4.78, 5) is 12.8. The fraction of sp³-hybridized carbons (Fsp3) is 0.409. The highest BCUT2D eigenvalue weighted by Gasteiger charge is 2.26. The normalized spacial score (nSPS) is 12.4. The van der Waals surface area contributed by atoms with Gasteiger partial charge in [-0.15, -0.1) is 0 Å². The second-order valence-electron chi connectivity index (χ2n) is 7.37. The first-order valence-corrected chi connectivity index (χ1v) is 11.3. The van der Waals surface area contributed by atoms with Crippen LogP contribution in [0.4, 0.5) is 0 Å². The molecule has 30 heavy (non-hydrogen) atoms. The molecule has 0 radical (unpaired) electrons. The van der Waals surface area contributed by atoms with E-state index in [0.717, 1.165) is 11.3 Å². The van der Waals surface area contributed by atoms with Crippen LogP contribution in [0.5, 0.6) is 11.5 Å². The summed E-state index contributed by atoms with van der Waals surface area (Å²) in [5.74, 6) is 1.13. The zero-order chi connectivity index (χ0) is 22.1. The van der Waals surface area contributed by atoms with Gasteiger partial charge < -0.3 is 14.8 Å². The maximum Gasteiger partial charge on any atom is 0.241 e. The maximum atomic E-state index is 12.7. The van der Waals surface area contributed by atoms with Crippen molar-refractivity contribution in [3.8, 4) is 11.5 Å². The van der Waals surface area contributed by atoms with Crippen LogP contribution >= 0.6 is 0 Å². The summed E-state index contributed by atoms with van der Waals surface area (Å²) >= 11 is 0. The van der Waals surface area contributed by atoms with Gasteiger partial charge in [-0.1, -0.05) is 26.0 Å². The highest BCUT2D eigenvalue weighted by molar-refractivity contribution is 7.89. The third kappa shape index (κ3) is 7.03. The number of carbonyl (C=O) groups excluding carboxylic acids is 1. The van der Waals surface area contributed by atoms with Crippen LogP contribution in [0, 0.1) is 5.92 Å². The van der Waals surface area contributed by atoms with E-state index < -0.39 is 16.1 Å². The van der Waals surface area contributed by atoms with Gasteiger partial charge in [0.25, 0.3) is 0 Å². The highest BCUT2D eigenvalue weighted by Crippen LogP contribution is 2.17. The summed E-state index contributed by atoms with van der Waals surface area (Å²) in [5.41, 5.74) is 1.05. The third-order valence-electron chi connectivity index (χ3n) is 4.56. The largest absolute Gasteiger partial charge is 0.497 e. The highest BCUT2D eigenvalue weighted by atomic mass is 32.2. The predicted octanol–water partition coefficient (Wildman–Crippen LogP) is 2.76. The lowest BCUT2D eigenvalue weighted by molar-refractivity contribution is -0.123. The Hall–Kier alpha value is -2.58. The zero-order valence-corrected chi connectivity index (χ0v) is 18.7. The molecule has 2 aromatic carbocycles. The fourth-order valence-corrected chi connectivity index (χ4v) is 4.14. The lowest BCUT2D eigenvalue weighted by atomic mass is 10.0. The van der Waals surface area contributed by atoms with E-state index in [4.69, 9.17) is 9.47 Å². The Labute approximate surface area is 178 Å². The molecule has 2 N–H and O–H groups in total. The van der Waals surface area contributed by atoms with Gasteiger partial charge in [-0.3, -0.25) is 4.79 Å². The van der Waals surface area contributed by atoms with Gasteiger partial charge >= 0.3 is 0 Å². The van der Waals surface area contributed by atoms with Crippen molar-refractivity contribution in [3.63, 3.8) is 0 Å². The minimum Gasteiger partial charge on any atom is -0.497 e. The van der Waals surface area contributed by atoms with Crippen molar-refractivity contribution in [2.45, 2.75) is 37.6 Å². The third-order valence-corrected chi connectivity index (χ3v) is 6.05. The molecule has 7 nitrogen and oxygen atoms in total. The van der Waals surface area contributed by atoms with Crippen LogP contribution in [0.2, 0.25) is 0 Å². The Balaban J connectivity index is 2.01. The number of amides is 1. The summed E-state index contributed by atoms with van der Waals surface area (Å²) in [6.07, 6.45) is 1.03. The molecule has 0 saturated heterocycles. The van der Waals surface area contributed by atoms with E-state index in [1.54, 1.807) is 19.2 Å². The van der Waals surface area contributed by atoms with E-state index in [2.05, 4.69) is 10.0 Å². The number of hydrogen-bond acceptors (Lipinski definition) is 5. The molecule has 1 unspecified atom stereocenters. The number of carbonyl (C=O) groups is 1. The minimum atomic E-state index is -3.84. The molecule has 0 saturated carbocycles. The van der Waals surface area contributed by atoms with Crippen LogP contribution in [-0.4, -0.2) is 41.1 Å². The maximum absolute atomic E-state index is 12.7. The van der Waals surface area contributed by atoms with Gasteiger partial charge in [0.2, 0.25) is 15.9 Å². The quantitative estimate of drug-likeness (QED) is 0.567. The molecular formula is C22H30N2O5S. The molecule has 1 atom stereocenters. The SMILES string of the molecule is COc1ccc(CCNC(=O)C(CC(C)C)NS(=O)(=O)c2ccc(OC)cc2)cc1. The monoisotopic (exact) mass is 434 g/mol. The Bertz CT molecular complexity index is 910. The number of methoxy groups -OCH3 is 2. The average Bonchev–Trinajstić information content (AvgIpc) is 2.73. The fourth-order valence-electron chi connectivity index (χ4n) is 2.94. The molecule has 8 heteroatoms. The van der Waals surface area contributed by atoms with Gasteiger partial charge in [-0.05, 0) is 60.7 Å². The Morgan fingerprint density at radius 3 is 1.97 bits per heavy atom. The first-order chi connectivity index (χ1) is 14.2. The van der Waals surface area contributed by atoms with Crippen LogP contribution in [0.15, 0.2) is 53.4 Å². The molecule has 1 amide bonds. The smallest absolute Gasteiger partial charge is 0.241 e. The summed E-state index contributed by atoms with van der Waals surface area (Å²) in [7, 11) is -0.721. The van der Waals surface area contributed by atoms with Gasteiger partial charge in [0.15, 0.2) is 0 Å². The van der Waals surface area contributed by atoms with Crippen molar-refractivity contribution in [1.82, 2.24) is 10.0 Å². The summed E-state index contributed by atoms with van der Waals surface area (Å²) in [6, 6.07) is 12.8. The predicted molar refractivity (Wildman–Crippen MR) is 116 cm³/mol. The summed E-state index contributed by atoms with van der Waals surface area (Å²) in [5, 5.41) is 2.84. The molecule has 0 bridgehead atoms. The first-order valence-electron chi connectivity index (χ1n) is 9.82. The molecule has 2 aromatic rings. The molecule has 0 aliphatic rings. The number of ether oxygens (including phenoxy) is 2. The molecule has 0 aliphatic heterocycles. The number of sulfonamides is 1. The summed E-state index contributed by atoms with van der Waals surface area (Å²) in [6.45, 7) is 4.29. The van der Waals surface area contributed by atoms with E-state index in [1.165, 1.54) is 19.2 Å². The van der Waals surface area contributed by atoms with Crippen molar-refractivity contribution in [2.24, 2.45) is 5.92 Å². The van der Waals surface area contributed by atoms with Gasteiger partial charge in [0.1, 0.15) is 17.5 Å². The molecule has 0 heterocycles. The lowest BCUT2D eigenvalue weighted by Crippen LogP contribution is -2.47. The van der Waals surface area contributed by atoms with Gasteiger partial charge in [0, 0.05) is 6.54 Å². The Morgan fingerprint density at radius 2 is 1.47 bits per heavy atom. The van der Waals surface area contributed by atoms with Crippen molar-refractivity contribution in [2.75, 3.05) is 20.8 Å². The average molecular weight is 435 g/mol. The summed E-state index contributed by atoms with van der Waals surface area (Å²) < 4.78 is 38.2. The molecule has 2 rings (SSSR count). The molecule has 164 valence electrons. The van der Waals surface area contributed by atoms with Crippen molar-refractivity contribution in [3.05, 3.63) is 54.1 Å². The molecule has 0 aromatic heterocycles. The first kappa shape index (κ1) is 23.7. The van der Waals surface area contributed by atoms with Crippen LogP contribution in [0.1, 0.15) is 25.8 Å². The minimum absolute atomic E-state index is 0.0862. The zero-order valence-electron chi connectivity index (χ0n) is 17.8. The standard InChI is InChI=1S/C22H30N2O5S/c1-16(2)15-21(24-30(26,27)20-11-9-19(29-4)10-12-20)22(25)23-14-13-17-5-7-18(28-3)8-6-17/h5-12,16,21,24H,13-15H2,1-4H3,(H,23,25). The van der Waals surface area contributed by atoms with E-state index in [1.807, 2.05) is 38.1 Å². The van der Waals surface area contributed by atoms with E-state index in [-0.39, 0.29) is 16.7 Å². The molecule has 0 fully saturated rings. The number of benzene rings is 2. The topological polar surface area (TPSA) is 93.7 Å². The molecule has 0 aliphatic carbocycles. The number of rotatable bonds is 11. The van der Waals surface area contributed by atoms with E-state index >= 15 is 0 Å². The molecule has 0 spiro atoms. The van der Waals surface area contributed by atoms with Crippen molar-refractivity contribution in [1.29, 1.82) is 0 Å². The van der Waals surface area contributed by atoms with Gasteiger partial charge in [0.05, 0.1) is 19.1 Å². The van der Waals surface area contributed by atoms with Crippen LogP contribution < -0.4 is 19.5 Å². The van der Waals surface area contributed by atoms with Crippen molar-refractivity contribution >= 4 is 15.9 Å². The second-order valence-corrected chi connectivity index (χ2v) is 9.08. The lowest BCUT2D eigenvalue weighted by Gasteiger charge is -2.20. The van der Waals surface area contributed by atoms with Crippen LogP contribution in [0.3, 0.4) is 0 Å². The Kier molecular flexibility index (Phi) is 8.68. The van der Waals surface area contributed by atoms with E-state index in [0.29, 0.717) is 25.1 Å². The second kappa shape index (κ2) is 11.0. The molecular weight excluding hydrogens is 404 g/mol. The number of nitrogens with one attached hydrogen (secondary N) is 2. The van der Waals surface area contributed by atoms with Crippen LogP contribution in [0.25, 0.3) is 0 Å².